The van der Waals surface area contributed by atoms with Crippen molar-refractivity contribution in [3.63, 3.8) is 0 Å². The molecule has 0 atom stereocenters. The van der Waals surface area contributed by atoms with Crippen LogP contribution in [0.5, 0.6) is 17.2 Å². The molecule has 0 aliphatic carbocycles. The van der Waals surface area contributed by atoms with Crippen LogP contribution < -0.4 is 14.2 Å². The minimum Gasteiger partial charge on any atom is -0.493 e. The van der Waals surface area contributed by atoms with Crippen molar-refractivity contribution < 1.29 is 19.0 Å². The third kappa shape index (κ3) is 3.79. The van der Waals surface area contributed by atoms with Crippen LogP contribution in [-0.2, 0) is 0 Å². The summed E-state index contributed by atoms with van der Waals surface area (Å²) in [6, 6.07) is 10.9. The lowest BCUT2D eigenvalue weighted by Gasteiger charge is -2.08. The number of carbonyl (C=O) groups is 1. The first-order valence-electron chi connectivity index (χ1n) is 7.72. The van der Waals surface area contributed by atoms with Crippen molar-refractivity contribution in [3.05, 3.63) is 58.1 Å². The maximum Gasteiger partial charge on any atom is 0.231 e. The topological polar surface area (TPSA) is 44.8 Å². The van der Waals surface area contributed by atoms with Gasteiger partial charge in [-0.1, -0.05) is 22.9 Å². The maximum atomic E-state index is 12.4. The quantitative estimate of drug-likeness (QED) is 0.523. The molecule has 2 aromatic rings. The van der Waals surface area contributed by atoms with Crippen LogP contribution in [0.2, 0.25) is 0 Å². The second kappa shape index (κ2) is 7.53. The number of halogens is 1. The molecule has 0 saturated carbocycles. The number of hydrogen-bond donors (Lipinski definition) is 0. The SMILES string of the molecule is CCCOc1ccc(Br)cc1/C=C/C(=O)c1ccc2c(c1)OCO2. The molecular formula is C19H17BrO4. The maximum absolute atomic E-state index is 12.4. The third-order valence-electron chi connectivity index (χ3n) is 3.50. The van der Waals surface area contributed by atoms with E-state index in [9.17, 15) is 4.79 Å². The molecule has 1 aliphatic rings. The predicted octanol–water partition coefficient (Wildman–Crippen LogP) is 4.86. The lowest BCUT2D eigenvalue weighted by Crippen LogP contribution is -1.98. The fourth-order valence-corrected chi connectivity index (χ4v) is 2.68. The van der Waals surface area contributed by atoms with Gasteiger partial charge in [0.15, 0.2) is 17.3 Å². The van der Waals surface area contributed by atoms with Crippen molar-refractivity contribution in [1.82, 2.24) is 0 Å². The van der Waals surface area contributed by atoms with Crippen LogP contribution in [0, 0.1) is 0 Å². The Labute approximate surface area is 149 Å². The van der Waals surface area contributed by atoms with Crippen LogP contribution in [0.25, 0.3) is 6.08 Å². The summed E-state index contributed by atoms with van der Waals surface area (Å²) in [5.74, 6) is 1.92. The number of allylic oxidation sites excluding steroid dienone is 1. The molecule has 0 fully saturated rings. The van der Waals surface area contributed by atoms with E-state index in [1.807, 2.05) is 18.2 Å². The van der Waals surface area contributed by atoms with Crippen molar-refractivity contribution in [2.75, 3.05) is 13.4 Å². The molecule has 0 saturated heterocycles. The summed E-state index contributed by atoms with van der Waals surface area (Å²) < 4.78 is 17.2. The predicted molar refractivity (Wildman–Crippen MR) is 95.9 cm³/mol. The van der Waals surface area contributed by atoms with Gasteiger partial charge in [0, 0.05) is 15.6 Å². The largest absolute Gasteiger partial charge is 0.493 e. The van der Waals surface area contributed by atoms with Gasteiger partial charge in [0.1, 0.15) is 5.75 Å². The lowest BCUT2D eigenvalue weighted by atomic mass is 10.1. The number of rotatable bonds is 6. The molecule has 1 aliphatic heterocycles. The van der Waals surface area contributed by atoms with Crippen LogP contribution in [0.3, 0.4) is 0 Å². The van der Waals surface area contributed by atoms with E-state index in [1.165, 1.54) is 6.08 Å². The Hall–Kier alpha value is -2.27. The van der Waals surface area contributed by atoms with Gasteiger partial charge in [-0.2, -0.15) is 0 Å². The smallest absolute Gasteiger partial charge is 0.231 e. The molecule has 4 nitrogen and oxygen atoms in total. The Kier molecular flexibility index (Phi) is 5.20. The van der Waals surface area contributed by atoms with Gasteiger partial charge in [-0.25, -0.2) is 0 Å². The van der Waals surface area contributed by atoms with Crippen molar-refractivity contribution >= 4 is 27.8 Å². The van der Waals surface area contributed by atoms with Gasteiger partial charge in [-0.3, -0.25) is 4.79 Å². The summed E-state index contributed by atoms with van der Waals surface area (Å²) in [4.78, 5) is 12.4. The van der Waals surface area contributed by atoms with Crippen LogP contribution >= 0.6 is 15.9 Å². The molecule has 3 rings (SSSR count). The first-order chi connectivity index (χ1) is 11.7. The molecule has 0 amide bonds. The molecule has 0 spiro atoms. The Morgan fingerprint density at radius 1 is 1.21 bits per heavy atom. The van der Waals surface area contributed by atoms with Gasteiger partial charge in [0.05, 0.1) is 6.61 Å². The van der Waals surface area contributed by atoms with E-state index in [0.29, 0.717) is 23.7 Å². The number of hydrogen-bond acceptors (Lipinski definition) is 4. The average molecular weight is 389 g/mol. The monoisotopic (exact) mass is 388 g/mol. The molecule has 0 N–H and O–H groups in total. The summed E-state index contributed by atoms with van der Waals surface area (Å²) in [6.45, 7) is 2.88. The zero-order valence-corrected chi connectivity index (χ0v) is 14.8. The van der Waals surface area contributed by atoms with Crippen molar-refractivity contribution in [2.24, 2.45) is 0 Å². The summed E-state index contributed by atoms with van der Waals surface area (Å²) in [5, 5.41) is 0. The molecule has 0 unspecified atom stereocenters. The van der Waals surface area contributed by atoms with Gasteiger partial charge in [0.2, 0.25) is 6.79 Å². The zero-order chi connectivity index (χ0) is 16.9. The normalized spacial score (nSPS) is 12.6. The Bertz CT molecular complexity index is 783. The highest BCUT2D eigenvalue weighted by molar-refractivity contribution is 9.10. The van der Waals surface area contributed by atoms with Crippen LogP contribution in [0.15, 0.2) is 46.9 Å². The average Bonchev–Trinajstić information content (AvgIpc) is 3.06. The number of benzene rings is 2. The number of carbonyl (C=O) groups excluding carboxylic acids is 1. The molecule has 0 aromatic heterocycles. The van der Waals surface area contributed by atoms with Gasteiger partial charge in [0.25, 0.3) is 0 Å². The van der Waals surface area contributed by atoms with E-state index in [2.05, 4.69) is 22.9 Å². The van der Waals surface area contributed by atoms with Crippen molar-refractivity contribution in [2.45, 2.75) is 13.3 Å². The molecule has 124 valence electrons. The molecule has 1 heterocycles. The summed E-state index contributed by atoms with van der Waals surface area (Å²) >= 11 is 3.45. The summed E-state index contributed by atoms with van der Waals surface area (Å²) in [5.41, 5.74) is 1.41. The molecule has 0 radical (unpaired) electrons. The van der Waals surface area contributed by atoms with E-state index >= 15 is 0 Å². The molecule has 0 bridgehead atoms. The van der Waals surface area contributed by atoms with Gasteiger partial charge < -0.3 is 14.2 Å². The highest BCUT2D eigenvalue weighted by Gasteiger charge is 2.15. The van der Waals surface area contributed by atoms with E-state index in [1.54, 1.807) is 24.3 Å². The summed E-state index contributed by atoms with van der Waals surface area (Å²) in [6.07, 6.45) is 4.23. The van der Waals surface area contributed by atoms with Gasteiger partial charge >= 0.3 is 0 Å². The fourth-order valence-electron chi connectivity index (χ4n) is 2.30. The van der Waals surface area contributed by atoms with E-state index < -0.39 is 0 Å². The highest BCUT2D eigenvalue weighted by Crippen LogP contribution is 2.33. The second-order valence-electron chi connectivity index (χ2n) is 5.30. The first kappa shape index (κ1) is 16.6. The van der Waals surface area contributed by atoms with Crippen LogP contribution in [0.4, 0.5) is 0 Å². The van der Waals surface area contributed by atoms with Gasteiger partial charge in [-0.05, 0) is 55.0 Å². The van der Waals surface area contributed by atoms with E-state index in [-0.39, 0.29) is 12.6 Å². The second-order valence-corrected chi connectivity index (χ2v) is 6.21. The summed E-state index contributed by atoms with van der Waals surface area (Å²) in [7, 11) is 0. The number of fused-ring (bicyclic) bond motifs is 1. The molecule has 5 heteroatoms. The number of ether oxygens (including phenoxy) is 3. The Morgan fingerprint density at radius 3 is 2.88 bits per heavy atom. The van der Waals surface area contributed by atoms with Gasteiger partial charge in [-0.15, -0.1) is 0 Å². The van der Waals surface area contributed by atoms with E-state index in [4.69, 9.17) is 14.2 Å². The first-order valence-corrected chi connectivity index (χ1v) is 8.51. The fraction of sp³-hybridized carbons (Fsp3) is 0.211. The Balaban J connectivity index is 1.80. The standard InChI is InChI=1S/C19H17BrO4/c1-2-9-22-17-8-5-15(20)10-14(17)3-6-16(21)13-4-7-18-19(11-13)24-12-23-18/h3-8,10-11H,2,9,12H2,1H3/b6-3+. The lowest BCUT2D eigenvalue weighted by molar-refractivity contribution is 0.104. The zero-order valence-electron chi connectivity index (χ0n) is 13.3. The van der Waals surface area contributed by atoms with E-state index in [0.717, 1.165) is 22.2 Å². The minimum absolute atomic E-state index is 0.102. The minimum atomic E-state index is -0.102. The van der Waals surface area contributed by atoms with Crippen molar-refractivity contribution in [1.29, 1.82) is 0 Å². The van der Waals surface area contributed by atoms with Crippen LogP contribution in [0.1, 0.15) is 29.3 Å². The molecule has 24 heavy (non-hydrogen) atoms. The molecular weight excluding hydrogens is 372 g/mol. The van der Waals surface area contributed by atoms with Crippen LogP contribution in [-0.4, -0.2) is 19.2 Å². The Morgan fingerprint density at radius 2 is 2.04 bits per heavy atom. The molecule has 2 aromatic carbocycles. The third-order valence-corrected chi connectivity index (χ3v) is 4.00. The highest BCUT2D eigenvalue weighted by atomic mass is 79.9. The van der Waals surface area contributed by atoms with Crippen molar-refractivity contribution in [3.8, 4) is 17.2 Å². The number of ketones is 1.